The van der Waals surface area contributed by atoms with Gasteiger partial charge in [0.25, 0.3) is 0 Å². The Morgan fingerprint density at radius 2 is 2.11 bits per heavy atom. The second kappa shape index (κ2) is 5.63. The van der Waals surface area contributed by atoms with Crippen molar-refractivity contribution in [3.8, 4) is 0 Å². The van der Waals surface area contributed by atoms with Gasteiger partial charge in [-0.25, -0.2) is 0 Å². The molecule has 1 heterocycles. The lowest BCUT2D eigenvalue weighted by atomic mass is 10.2. The molecule has 0 aliphatic rings. The second-order valence-corrected chi connectivity index (χ2v) is 4.94. The molecule has 0 saturated heterocycles. The summed E-state index contributed by atoms with van der Waals surface area (Å²) in [6, 6.07) is 5.69. The van der Waals surface area contributed by atoms with Crippen LogP contribution in [0.3, 0.4) is 0 Å². The molecule has 18 heavy (non-hydrogen) atoms. The van der Waals surface area contributed by atoms with E-state index in [1.807, 2.05) is 29.2 Å². The third-order valence-electron chi connectivity index (χ3n) is 2.78. The summed E-state index contributed by atoms with van der Waals surface area (Å²) >= 11 is 11.9. The first-order valence-electron chi connectivity index (χ1n) is 5.84. The Labute approximate surface area is 117 Å². The predicted molar refractivity (Wildman–Crippen MR) is 76.4 cm³/mol. The van der Waals surface area contributed by atoms with Gasteiger partial charge < -0.3 is 5.32 Å². The Balaban J connectivity index is 2.10. The number of benzene rings is 1. The molecule has 0 aliphatic carbocycles. The number of nitrogens with zero attached hydrogens (tertiary/aromatic N) is 2. The maximum absolute atomic E-state index is 5.98. The van der Waals surface area contributed by atoms with Gasteiger partial charge in [0.2, 0.25) is 0 Å². The number of anilines is 1. The quantitative estimate of drug-likeness (QED) is 0.902. The van der Waals surface area contributed by atoms with E-state index in [1.165, 1.54) is 0 Å². The van der Waals surface area contributed by atoms with E-state index in [2.05, 4.69) is 24.3 Å². The summed E-state index contributed by atoms with van der Waals surface area (Å²) in [7, 11) is 0. The minimum atomic E-state index is 0.169. The molecule has 1 aromatic carbocycles. The summed E-state index contributed by atoms with van der Waals surface area (Å²) < 4.78 is 1.91. The van der Waals surface area contributed by atoms with Crippen LogP contribution in [0.15, 0.2) is 30.6 Å². The van der Waals surface area contributed by atoms with Gasteiger partial charge >= 0.3 is 0 Å². The van der Waals surface area contributed by atoms with E-state index in [9.17, 15) is 0 Å². The Bertz CT molecular complexity index is 537. The molecule has 5 heteroatoms. The van der Waals surface area contributed by atoms with E-state index >= 15 is 0 Å². The Hall–Kier alpha value is -1.19. The highest BCUT2D eigenvalue weighted by atomic mass is 35.5. The molecule has 1 unspecified atom stereocenters. The molecule has 2 rings (SSSR count). The molecule has 0 bridgehead atoms. The smallest absolute Gasteiger partial charge is 0.0612 e. The number of hydrogen-bond donors (Lipinski definition) is 1. The molecule has 0 saturated carbocycles. The topological polar surface area (TPSA) is 29.9 Å². The van der Waals surface area contributed by atoms with Gasteiger partial charge in [-0.2, -0.15) is 5.10 Å². The van der Waals surface area contributed by atoms with Crippen LogP contribution in [0.25, 0.3) is 0 Å². The summed E-state index contributed by atoms with van der Waals surface area (Å²) in [6.07, 6.45) is 3.91. The molecule has 0 radical (unpaired) electrons. The first-order chi connectivity index (χ1) is 8.60. The van der Waals surface area contributed by atoms with Crippen LogP contribution in [0.2, 0.25) is 10.0 Å². The minimum Gasteiger partial charge on any atom is -0.378 e. The first-order valence-corrected chi connectivity index (χ1v) is 6.59. The first kappa shape index (κ1) is 13.2. The summed E-state index contributed by atoms with van der Waals surface area (Å²) in [6.45, 7) is 5.02. The van der Waals surface area contributed by atoms with Crippen molar-refractivity contribution in [1.82, 2.24) is 9.78 Å². The highest BCUT2D eigenvalue weighted by Gasteiger charge is 2.08. The summed E-state index contributed by atoms with van der Waals surface area (Å²) in [4.78, 5) is 0. The van der Waals surface area contributed by atoms with Crippen LogP contribution < -0.4 is 5.32 Å². The third-order valence-corrected chi connectivity index (χ3v) is 3.52. The zero-order valence-electron chi connectivity index (χ0n) is 10.3. The average molecular weight is 284 g/mol. The lowest BCUT2D eigenvalue weighted by molar-refractivity contribution is 0.658. The molecule has 0 fully saturated rings. The van der Waals surface area contributed by atoms with Crippen molar-refractivity contribution < 1.29 is 0 Å². The van der Waals surface area contributed by atoms with E-state index in [4.69, 9.17) is 23.2 Å². The SMILES string of the molecule is CCn1cc(C(C)Nc2ccc(Cl)c(Cl)c2)cn1. The monoisotopic (exact) mass is 283 g/mol. The fraction of sp³-hybridized carbons (Fsp3) is 0.308. The van der Waals surface area contributed by atoms with Crippen molar-refractivity contribution in [3.05, 3.63) is 46.2 Å². The zero-order valence-corrected chi connectivity index (χ0v) is 11.8. The van der Waals surface area contributed by atoms with Crippen LogP contribution in [0.5, 0.6) is 0 Å². The number of rotatable bonds is 4. The van der Waals surface area contributed by atoms with E-state index in [-0.39, 0.29) is 6.04 Å². The zero-order chi connectivity index (χ0) is 13.1. The van der Waals surface area contributed by atoms with Crippen molar-refractivity contribution in [3.63, 3.8) is 0 Å². The van der Waals surface area contributed by atoms with Crippen LogP contribution in [0, 0.1) is 0 Å². The minimum absolute atomic E-state index is 0.169. The Morgan fingerprint density at radius 3 is 2.72 bits per heavy atom. The van der Waals surface area contributed by atoms with Crippen molar-refractivity contribution in [2.24, 2.45) is 0 Å². The number of aromatic nitrogens is 2. The van der Waals surface area contributed by atoms with Crippen molar-refractivity contribution in [1.29, 1.82) is 0 Å². The van der Waals surface area contributed by atoms with Gasteiger partial charge in [-0.15, -0.1) is 0 Å². The van der Waals surface area contributed by atoms with Crippen LogP contribution in [-0.4, -0.2) is 9.78 Å². The van der Waals surface area contributed by atoms with Crippen LogP contribution >= 0.6 is 23.2 Å². The van der Waals surface area contributed by atoms with Gasteiger partial charge in [-0.1, -0.05) is 23.2 Å². The van der Waals surface area contributed by atoms with E-state index in [1.54, 1.807) is 6.07 Å². The molecule has 1 aromatic heterocycles. The predicted octanol–water partition coefficient (Wildman–Crippen LogP) is 4.38. The maximum Gasteiger partial charge on any atom is 0.0612 e. The van der Waals surface area contributed by atoms with Crippen molar-refractivity contribution in [2.45, 2.75) is 26.4 Å². The van der Waals surface area contributed by atoms with Gasteiger partial charge in [-0.05, 0) is 32.0 Å². The van der Waals surface area contributed by atoms with E-state index < -0.39 is 0 Å². The number of halogens is 2. The molecule has 1 N–H and O–H groups in total. The van der Waals surface area contributed by atoms with Crippen LogP contribution in [0.4, 0.5) is 5.69 Å². The van der Waals surface area contributed by atoms with E-state index in [0.29, 0.717) is 10.0 Å². The largest absolute Gasteiger partial charge is 0.378 e. The third kappa shape index (κ3) is 2.98. The maximum atomic E-state index is 5.98. The van der Waals surface area contributed by atoms with E-state index in [0.717, 1.165) is 17.8 Å². The number of hydrogen-bond acceptors (Lipinski definition) is 2. The van der Waals surface area contributed by atoms with Crippen molar-refractivity contribution >= 4 is 28.9 Å². The van der Waals surface area contributed by atoms with Crippen LogP contribution in [-0.2, 0) is 6.54 Å². The summed E-state index contributed by atoms with van der Waals surface area (Å²) in [5.41, 5.74) is 2.09. The highest BCUT2D eigenvalue weighted by Crippen LogP contribution is 2.27. The normalized spacial score (nSPS) is 12.4. The molecule has 0 spiro atoms. The van der Waals surface area contributed by atoms with Crippen molar-refractivity contribution in [2.75, 3.05) is 5.32 Å². The molecule has 1 atom stereocenters. The van der Waals surface area contributed by atoms with Gasteiger partial charge in [0.1, 0.15) is 0 Å². The fourth-order valence-electron chi connectivity index (χ4n) is 1.70. The fourth-order valence-corrected chi connectivity index (χ4v) is 1.99. The van der Waals surface area contributed by atoms with Gasteiger partial charge in [0, 0.05) is 24.0 Å². The molecule has 0 amide bonds. The lowest BCUT2D eigenvalue weighted by Gasteiger charge is -2.14. The van der Waals surface area contributed by atoms with Crippen LogP contribution in [0.1, 0.15) is 25.5 Å². The molecular weight excluding hydrogens is 269 g/mol. The molecule has 2 aromatic rings. The number of aryl methyl sites for hydroxylation is 1. The lowest BCUT2D eigenvalue weighted by Crippen LogP contribution is -2.05. The summed E-state index contributed by atoms with van der Waals surface area (Å²) in [5.74, 6) is 0. The van der Waals surface area contributed by atoms with Gasteiger partial charge in [0.05, 0.1) is 22.3 Å². The molecule has 0 aliphatic heterocycles. The molecule has 3 nitrogen and oxygen atoms in total. The van der Waals surface area contributed by atoms with Gasteiger partial charge in [-0.3, -0.25) is 4.68 Å². The Kier molecular flexibility index (Phi) is 4.15. The highest BCUT2D eigenvalue weighted by molar-refractivity contribution is 6.42. The molecule has 96 valence electrons. The number of nitrogens with one attached hydrogen (secondary N) is 1. The standard InChI is InChI=1S/C13H15Cl2N3/c1-3-18-8-10(7-16-18)9(2)17-11-4-5-12(14)13(15)6-11/h4-9,17H,3H2,1-2H3. The van der Waals surface area contributed by atoms with Gasteiger partial charge in [0.15, 0.2) is 0 Å². The average Bonchev–Trinajstić information content (AvgIpc) is 2.82. The second-order valence-electron chi connectivity index (χ2n) is 4.12. The summed E-state index contributed by atoms with van der Waals surface area (Å²) in [5, 5.41) is 8.74. The Morgan fingerprint density at radius 1 is 1.33 bits per heavy atom. The molecular formula is C13H15Cl2N3.